The van der Waals surface area contributed by atoms with Gasteiger partial charge in [0.1, 0.15) is 13.2 Å². The Morgan fingerprint density at radius 1 is 0.306 bits per heavy atom. The zero-order chi connectivity index (χ0) is 45.4. The van der Waals surface area contributed by atoms with Gasteiger partial charge in [0.25, 0.3) is 0 Å². The molecule has 6 nitrogen and oxygen atoms in total. The molecule has 0 saturated carbocycles. The Hall–Kier alpha value is -1.59. The molecule has 0 aliphatic heterocycles. The minimum atomic E-state index is -0.762. The maximum Gasteiger partial charge on any atom is 0.306 e. The van der Waals surface area contributed by atoms with Crippen LogP contribution in [0.2, 0.25) is 0 Å². The van der Waals surface area contributed by atoms with Crippen LogP contribution in [-0.2, 0) is 28.6 Å². The molecule has 0 aromatic rings. The molecule has 6 heteroatoms. The fourth-order valence-corrected chi connectivity index (χ4v) is 8.52. The van der Waals surface area contributed by atoms with E-state index in [2.05, 4.69) is 34.6 Å². The monoisotopic (exact) mass is 877 g/mol. The highest BCUT2D eigenvalue weighted by Gasteiger charge is 2.19. The molecular weight excluding hydrogens is 769 g/mol. The summed E-state index contributed by atoms with van der Waals surface area (Å²) in [4.78, 5) is 38.1. The van der Waals surface area contributed by atoms with Gasteiger partial charge in [0.2, 0.25) is 0 Å². The van der Waals surface area contributed by atoms with E-state index in [0.29, 0.717) is 19.3 Å². The number of hydrogen-bond acceptors (Lipinski definition) is 6. The molecule has 0 aliphatic rings. The second-order valence-corrected chi connectivity index (χ2v) is 20.2. The van der Waals surface area contributed by atoms with Crippen molar-refractivity contribution >= 4 is 17.9 Å². The summed E-state index contributed by atoms with van der Waals surface area (Å²) in [5.74, 6) is 0.799. The second-order valence-electron chi connectivity index (χ2n) is 20.2. The van der Waals surface area contributed by atoms with Crippen LogP contribution < -0.4 is 0 Å². The number of carbonyl (C=O) groups is 3. The van der Waals surface area contributed by atoms with Gasteiger partial charge in [0, 0.05) is 19.3 Å². The van der Waals surface area contributed by atoms with Gasteiger partial charge in [-0.3, -0.25) is 14.4 Å². The zero-order valence-corrected chi connectivity index (χ0v) is 42.5. The van der Waals surface area contributed by atoms with Crippen molar-refractivity contribution in [1.29, 1.82) is 0 Å². The Kier molecular flexibility index (Phi) is 47.6. The molecule has 0 heterocycles. The Morgan fingerprint density at radius 2 is 0.532 bits per heavy atom. The normalized spacial score (nSPS) is 12.0. The van der Waals surface area contributed by atoms with Crippen LogP contribution in [0.25, 0.3) is 0 Å². The smallest absolute Gasteiger partial charge is 0.306 e. The van der Waals surface area contributed by atoms with Crippen molar-refractivity contribution < 1.29 is 28.6 Å². The Balaban J connectivity index is 4.29. The molecule has 0 rings (SSSR count). The number of ether oxygens (including phenoxy) is 3. The summed E-state index contributed by atoms with van der Waals surface area (Å²) in [6.45, 7) is 11.4. The summed E-state index contributed by atoms with van der Waals surface area (Å²) in [5.41, 5.74) is 0. The molecule has 0 radical (unpaired) electrons. The van der Waals surface area contributed by atoms with Crippen LogP contribution in [0.5, 0.6) is 0 Å². The minimum absolute atomic E-state index is 0.0633. The number of carbonyl (C=O) groups excluding carboxylic acids is 3. The average Bonchev–Trinajstić information content (AvgIpc) is 3.24. The molecular formula is C56H108O6. The highest BCUT2D eigenvalue weighted by Crippen LogP contribution is 2.18. The number of rotatable bonds is 50. The molecule has 0 aromatic carbocycles. The fraction of sp³-hybridized carbons (Fsp3) is 0.946. The van der Waals surface area contributed by atoms with Crippen LogP contribution in [0.3, 0.4) is 0 Å². The van der Waals surface area contributed by atoms with Gasteiger partial charge in [-0.2, -0.15) is 0 Å². The van der Waals surface area contributed by atoms with E-state index in [-0.39, 0.29) is 31.1 Å². The van der Waals surface area contributed by atoms with E-state index in [4.69, 9.17) is 14.2 Å². The van der Waals surface area contributed by atoms with E-state index in [1.807, 2.05) is 0 Å². The first-order chi connectivity index (χ1) is 30.2. The third-order valence-corrected chi connectivity index (χ3v) is 12.7. The lowest BCUT2D eigenvalue weighted by Gasteiger charge is -2.18. The molecule has 0 spiro atoms. The van der Waals surface area contributed by atoms with Crippen LogP contribution in [-0.4, -0.2) is 37.2 Å². The van der Waals surface area contributed by atoms with Crippen molar-refractivity contribution in [1.82, 2.24) is 0 Å². The van der Waals surface area contributed by atoms with E-state index in [1.165, 1.54) is 199 Å². The maximum atomic E-state index is 12.8. The van der Waals surface area contributed by atoms with Crippen LogP contribution in [0.15, 0.2) is 0 Å². The summed E-state index contributed by atoms with van der Waals surface area (Å²) in [5, 5.41) is 0. The van der Waals surface area contributed by atoms with E-state index in [1.54, 1.807) is 0 Å². The van der Waals surface area contributed by atoms with Crippen molar-refractivity contribution in [3.8, 4) is 0 Å². The first-order valence-corrected chi connectivity index (χ1v) is 27.7. The van der Waals surface area contributed by atoms with Crippen molar-refractivity contribution in [3.05, 3.63) is 0 Å². The molecule has 0 amide bonds. The molecule has 0 bridgehead atoms. The third-order valence-electron chi connectivity index (χ3n) is 12.7. The predicted molar refractivity (Wildman–Crippen MR) is 266 cm³/mol. The summed E-state index contributed by atoms with van der Waals surface area (Å²) < 4.78 is 16.9. The summed E-state index contributed by atoms with van der Waals surface area (Å²) in [6.07, 6.45) is 50.9. The lowest BCUT2D eigenvalue weighted by Crippen LogP contribution is -2.30. The molecule has 0 N–H and O–H groups in total. The van der Waals surface area contributed by atoms with Gasteiger partial charge in [-0.15, -0.1) is 0 Å². The Labute approximate surface area is 387 Å². The van der Waals surface area contributed by atoms with Gasteiger partial charge in [-0.1, -0.05) is 272 Å². The lowest BCUT2D eigenvalue weighted by molar-refractivity contribution is -0.167. The van der Waals surface area contributed by atoms with Gasteiger partial charge >= 0.3 is 17.9 Å². The summed E-state index contributed by atoms with van der Waals surface area (Å²) in [6, 6.07) is 0. The highest BCUT2D eigenvalue weighted by molar-refractivity contribution is 5.71. The standard InChI is InChI=1S/C56H108O6/c1-6-7-8-9-10-11-12-13-14-15-16-17-20-26-31-36-41-46-54(57)60-49-53(62-56(59)48-43-38-33-28-23-22-25-30-35-40-45-52(4)5)50-61-55(58)47-42-37-32-27-21-18-19-24-29-34-39-44-51(2)3/h51-53H,6-50H2,1-5H3/t53-/m0/s1. The third kappa shape index (κ3) is 49.4. The molecule has 0 saturated heterocycles. The van der Waals surface area contributed by atoms with Gasteiger partial charge in [0.15, 0.2) is 6.10 Å². The molecule has 62 heavy (non-hydrogen) atoms. The summed E-state index contributed by atoms with van der Waals surface area (Å²) >= 11 is 0. The predicted octanol–water partition coefficient (Wildman–Crippen LogP) is 18.1. The molecule has 368 valence electrons. The summed E-state index contributed by atoms with van der Waals surface area (Å²) in [7, 11) is 0. The van der Waals surface area contributed by atoms with Crippen molar-refractivity contribution in [2.24, 2.45) is 11.8 Å². The molecule has 0 unspecified atom stereocenters. The Morgan fingerprint density at radius 3 is 0.790 bits per heavy atom. The van der Waals surface area contributed by atoms with Gasteiger partial charge in [-0.25, -0.2) is 0 Å². The average molecular weight is 877 g/mol. The Bertz CT molecular complexity index is 947. The fourth-order valence-electron chi connectivity index (χ4n) is 8.52. The van der Waals surface area contributed by atoms with E-state index in [9.17, 15) is 14.4 Å². The molecule has 0 aliphatic carbocycles. The number of unbranched alkanes of at least 4 members (excludes halogenated alkanes) is 35. The zero-order valence-electron chi connectivity index (χ0n) is 42.5. The van der Waals surface area contributed by atoms with Crippen LogP contribution in [0.1, 0.15) is 311 Å². The first-order valence-electron chi connectivity index (χ1n) is 27.7. The van der Waals surface area contributed by atoms with Crippen molar-refractivity contribution in [2.75, 3.05) is 13.2 Å². The molecule has 1 atom stereocenters. The van der Waals surface area contributed by atoms with Crippen LogP contribution in [0, 0.1) is 11.8 Å². The maximum absolute atomic E-state index is 12.8. The SMILES string of the molecule is CCCCCCCCCCCCCCCCCCCC(=O)OC[C@@H](COC(=O)CCCCCCCCCCCCCC(C)C)OC(=O)CCCCCCCCCCCCC(C)C. The second kappa shape index (κ2) is 48.9. The van der Waals surface area contributed by atoms with Crippen molar-refractivity contribution in [3.63, 3.8) is 0 Å². The van der Waals surface area contributed by atoms with Crippen molar-refractivity contribution in [2.45, 2.75) is 317 Å². The van der Waals surface area contributed by atoms with E-state index >= 15 is 0 Å². The minimum Gasteiger partial charge on any atom is -0.462 e. The molecule has 0 aromatic heterocycles. The first kappa shape index (κ1) is 60.4. The van der Waals surface area contributed by atoms with E-state index in [0.717, 1.165) is 69.6 Å². The van der Waals surface area contributed by atoms with Gasteiger partial charge in [0.05, 0.1) is 0 Å². The van der Waals surface area contributed by atoms with Gasteiger partial charge < -0.3 is 14.2 Å². The lowest BCUT2D eigenvalue weighted by atomic mass is 10.0. The van der Waals surface area contributed by atoms with Crippen LogP contribution >= 0.6 is 0 Å². The topological polar surface area (TPSA) is 78.9 Å². The number of esters is 3. The quantitative estimate of drug-likeness (QED) is 0.0344. The van der Waals surface area contributed by atoms with Gasteiger partial charge in [-0.05, 0) is 31.1 Å². The molecule has 0 fully saturated rings. The van der Waals surface area contributed by atoms with Crippen LogP contribution in [0.4, 0.5) is 0 Å². The largest absolute Gasteiger partial charge is 0.462 e. The highest BCUT2D eigenvalue weighted by atomic mass is 16.6. The van der Waals surface area contributed by atoms with E-state index < -0.39 is 6.10 Å². The number of hydrogen-bond donors (Lipinski definition) is 0.